The highest BCUT2D eigenvalue weighted by atomic mass is 32.1. The van der Waals surface area contributed by atoms with Gasteiger partial charge in [0.05, 0.1) is 12.3 Å². The van der Waals surface area contributed by atoms with E-state index in [0.29, 0.717) is 6.61 Å². The monoisotopic (exact) mass is 204 g/mol. The molecule has 0 saturated carbocycles. The molecular formula is C11H10NOS. The van der Waals surface area contributed by atoms with E-state index in [2.05, 4.69) is 10.5 Å². The summed E-state index contributed by atoms with van der Waals surface area (Å²) >= 11 is 1.48. The fourth-order valence-corrected chi connectivity index (χ4v) is 1.73. The van der Waals surface area contributed by atoms with Crippen molar-refractivity contribution in [3.63, 3.8) is 0 Å². The predicted octanol–water partition coefficient (Wildman–Crippen LogP) is 3.01. The molecule has 0 saturated heterocycles. The molecule has 0 fully saturated rings. The van der Waals surface area contributed by atoms with Crippen LogP contribution in [0, 0.1) is 5.51 Å². The molecule has 1 heterocycles. The maximum Gasteiger partial charge on any atom is 0.152 e. The summed E-state index contributed by atoms with van der Waals surface area (Å²) < 4.78 is 5.41. The van der Waals surface area contributed by atoms with Crippen molar-refractivity contribution in [2.24, 2.45) is 0 Å². The highest BCUT2D eigenvalue weighted by Gasteiger charge is 2.00. The Morgan fingerprint density at radius 3 is 3.14 bits per heavy atom. The largest absolute Gasteiger partial charge is 0.494 e. The predicted molar refractivity (Wildman–Crippen MR) is 57.6 cm³/mol. The van der Waals surface area contributed by atoms with E-state index in [9.17, 15) is 0 Å². The summed E-state index contributed by atoms with van der Waals surface area (Å²) in [5, 5.41) is 1.98. The summed E-state index contributed by atoms with van der Waals surface area (Å²) in [6, 6.07) is 7.93. The molecule has 0 atom stereocenters. The zero-order chi connectivity index (χ0) is 9.80. The first kappa shape index (κ1) is 9.21. The van der Waals surface area contributed by atoms with Gasteiger partial charge in [0, 0.05) is 10.9 Å². The second-order valence-electron chi connectivity index (χ2n) is 2.78. The van der Waals surface area contributed by atoms with Gasteiger partial charge >= 0.3 is 0 Å². The fraction of sp³-hybridized carbons (Fsp3) is 0.182. The average molecular weight is 204 g/mol. The molecule has 0 aliphatic heterocycles. The van der Waals surface area contributed by atoms with E-state index < -0.39 is 0 Å². The number of thiazole rings is 1. The molecule has 2 nitrogen and oxygen atoms in total. The second kappa shape index (κ2) is 4.24. The summed E-state index contributed by atoms with van der Waals surface area (Å²) in [6.45, 7) is 2.66. The lowest BCUT2D eigenvalue weighted by Gasteiger charge is -2.03. The molecule has 0 N–H and O–H groups in total. The van der Waals surface area contributed by atoms with E-state index in [1.54, 1.807) is 0 Å². The minimum atomic E-state index is 0.687. The van der Waals surface area contributed by atoms with Gasteiger partial charge < -0.3 is 4.74 Å². The maximum absolute atomic E-state index is 5.41. The Hall–Kier alpha value is -1.35. The van der Waals surface area contributed by atoms with Crippen LogP contribution in [0.15, 0.2) is 29.6 Å². The number of nitrogens with zero attached hydrogens (tertiary/aromatic N) is 1. The quantitative estimate of drug-likeness (QED) is 0.766. The summed E-state index contributed by atoms with van der Waals surface area (Å²) in [7, 11) is 0. The van der Waals surface area contributed by atoms with Crippen molar-refractivity contribution >= 4 is 11.3 Å². The van der Waals surface area contributed by atoms with Gasteiger partial charge in [-0.05, 0) is 19.1 Å². The fourth-order valence-electron chi connectivity index (χ4n) is 1.23. The number of benzene rings is 1. The summed E-state index contributed by atoms with van der Waals surface area (Å²) in [6.07, 6.45) is 0. The average Bonchev–Trinajstić information content (AvgIpc) is 2.71. The highest BCUT2D eigenvalue weighted by Crippen LogP contribution is 2.23. The lowest BCUT2D eigenvalue weighted by atomic mass is 10.2. The molecule has 3 heteroatoms. The van der Waals surface area contributed by atoms with Gasteiger partial charge in [-0.3, -0.25) is 0 Å². The van der Waals surface area contributed by atoms with E-state index in [4.69, 9.17) is 4.74 Å². The third-order valence-electron chi connectivity index (χ3n) is 1.83. The third-order valence-corrected chi connectivity index (χ3v) is 2.37. The van der Waals surface area contributed by atoms with Gasteiger partial charge in [-0.25, -0.2) is 4.98 Å². The molecule has 1 radical (unpaired) electrons. The lowest BCUT2D eigenvalue weighted by Crippen LogP contribution is -1.91. The van der Waals surface area contributed by atoms with Crippen LogP contribution in [-0.4, -0.2) is 11.6 Å². The van der Waals surface area contributed by atoms with Crippen molar-refractivity contribution in [3.05, 3.63) is 35.2 Å². The van der Waals surface area contributed by atoms with Crippen LogP contribution in [0.2, 0.25) is 0 Å². The van der Waals surface area contributed by atoms with E-state index in [-0.39, 0.29) is 0 Å². The minimum Gasteiger partial charge on any atom is -0.494 e. The second-order valence-corrected chi connectivity index (χ2v) is 3.44. The first-order valence-corrected chi connectivity index (χ1v) is 5.33. The number of rotatable bonds is 3. The minimum absolute atomic E-state index is 0.687. The number of hydrogen-bond acceptors (Lipinski definition) is 3. The molecule has 14 heavy (non-hydrogen) atoms. The van der Waals surface area contributed by atoms with Gasteiger partial charge in [0.2, 0.25) is 0 Å². The molecule has 0 amide bonds. The number of aromatic nitrogens is 1. The van der Waals surface area contributed by atoms with Crippen molar-refractivity contribution < 1.29 is 4.74 Å². The summed E-state index contributed by atoms with van der Waals surface area (Å²) in [5.74, 6) is 0.887. The van der Waals surface area contributed by atoms with Crippen LogP contribution >= 0.6 is 11.3 Å². The molecule has 2 aromatic rings. The van der Waals surface area contributed by atoms with Crippen molar-refractivity contribution in [1.82, 2.24) is 4.98 Å². The molecular weight excluding hydrogens is 194 g/mol. The van der Waals surface area contributed by atoms with E-state index in [1.807, 2.05) is 36.6 Å². The van der Waals surface area contributed by atoms with Gasteiger partial charge in [-0.2, -0.15) is 0 Å². The van der Waals surface area contributed by atoms with Gasteiger partial charge in [-0.1, -0.05) is 12.1 Å². The molecule has 0 spiro atoms. The normalized spacial score (nSPS) is 10.1. The SMILES string of the molecule is CCOc1cccc(-c2cs[c]n2)c1. The molecule has 71 valence electrons. The molecule has 0 aliphatic carbocycles. The van der Waals surface area contributed by atoms with Gasteiger partial charge in [-0.15, -0.1) is 11.3 Å². The Bertz CT molecular complexity index is 397. The first-order chi connectivity index (χ1) is 6.90. The van der Waals surface area contributed by atoms with Crippen molar-refractivity contribution in [3.8, 4) is 17.0 Å². The molecule has 0 aliphatic rings. The standard InChI is InChI=1S/C11H10NOS/c1-2-13-10-5-3-4-9(6-10)11-7-14-8-12-11/h3-7H,2H2,1H3. The molecule has 2 rings (SSSR count). The van der Waals surface area contributed by atoms with Crippen molar-refractivity contribution in [2.75, 3.05) is 6.61 Å². The van der Waals surface area contributed by atoms with Crippen LogP contribution in [0.25, 0.3) is 11.3 Å². The van der Waals surface area contributed by atoms with Crippen molar-refractivity contribution in [2.45, 2.75) is 6.92 Å². The smallest absolute Gasteiger partial charge is 0.152 e. The molecule has 0 bridgehead atoms. The third kappa shape index (κ3) is 1.93. The van der Waals surface area contributed by atoms with E-state index in [1.165, 1.54) is 11.3 Å². The lowest BCUT2D eigenvalue weighted by molar-refractivity contribution is 0.340. The van der Waals surface area contributed by atoms with Gasteiger partial charge in [0.1, 0.15) is 5.75 Å². The Balaban J connectivity index is 2.31. The zero-order valence-electron chi connectivity index (χ0n) is 7.86. The number of hydrogen-bond donors (Lipinski definition) is 0. The summed E-state index contributed by atoms with van der Waals surface area (Å²) in [5.41, 5.74) is 4.86. The van der Waals surface area contributed by atoms with Gasteiger partial charge in [0.15, 0.2) is 5.51 Å². The number of ether oxygens (including phenoxy) is 1. The Morgan fingerprint density at radius 2 is 2.43 bits per heavy atom. The molecule has 1 aromatic carbocycles. The van der Waals surface area contributed by atoms with Gasteiger partial charge in [0.25, 0.3) is 0 Å². The first-order valence-electron chi connectivity index (χ1n) is 4.45. The zero-order valence-corrected chi connectivity index (χ0v) is 8.67. The Labute approximate surface area is 87.2 Å². The van der Waals surface area contributed by atoms with Crippen molar-refractivity contribution in [1.29, 1.82) is 0 Å². The van der Waals surface area contributed by atoms with Crippen LogP contribution < -0.4 is 4.74 Å². The molecule has 1 aromatic heterocycles. The maximum atomic E-state index is 5.41. The van der Waals surface area contributed by atoms with E-state index in [0.717, 1.165) is 17.0 Å². The Morgan fingerprint density at radius 1 is 1.50 bits per heavy atom. The highest BCUT2D eigenvalue weighted by molar-refractivity contribution is 7.07. The summed E-state index contributed by atoms with van der Waals surface area (Å²) in [4.78, 5) is 4.13. The van der Waals surface area contributed by atoms with Crippen LogP contribution in [0.1, 0.15) is 6.92 Å². The topological polar surface area (TPSA) is 22.1 Å². The van der Waals surface area contributed by atoms with E-state index >= 15 is 0 Å². The van der Waals surface area contributed by atoms with Crippen LogP contribution in [0.5, 0.6) is 5.75 Å². The van der Waals surface area contributed by atoms with Crippen LogP contribution in [0.4, 0.5) is 0 Å². The molecule has 0 unspecified atom stereocenters. The Kier molecular flexibility index (Phi) is 2.79. The van der Waals surface area contributed by atoms with Crippen LogP contribution in [0.3, 0.4) is 0 Å². The van der Waals surface area contributed by atoms with Crippen LogP contribution in [-0.2, 0) is 0 Å².